The Morgan fingerprint density at radius 1 is 1.23 bits per heavy atom. The first-order valence-electron chi connectivity index (χ1n) is 8.51. The normalized spacial score (nSPS) is 19.6. The third kappa shape index (κ3) is 5.88. The van der Waals surface area contributed by atoms with Crippen molar-refractivity contribution >= 4 is 15.7 Å². The molecule has 1 rings (SSSR count). The van der Waals surface area contributed by atoms with E-state index in [0.29, 0.717) is 24.8 Å². The van der Waals surface area contributed by atoms with Gasteiger partial charge in [0.25, 0.3) is 0 Å². The minimum atomic E-state index is -3.06. The molecule has 2 unspecified atom stereocenters. The van der Waals surface area contributed by atoms with Gasteiger partial charge in [-0.25, -0.2) is 8.42 Å². The van der Waals surface area contributed by atoms with Gasteiger partial charge in [0.2, 0.25) is 5.91 Å². The summed E-state index contributed by atoms with van der Waals surface area (Å²) in [6.45, 7) is 10.2. The second kappa shape index (κ2) is 8.87. The Bertz CT molecular complexity index is 444. The first kappa shape index (κ1) is 19.4. The van der Waals surface area contributed by atoms with Gasteiger partial charge < -0.3 is 10.2 Å². The van der Waals surface area contributed by atoms with Gasteiger partial charge in [-0.1, -0.05) is 13.8 Å². The number of amides is 1. The van der Waals surface area contributed by atoms with Gasteiger partial charge in [-0.15, -0.1) is 0 Å². The van der Waals surface area contributed by atoms with Gasteiger partial charge in [0.1, 0.15) is 0 Å². The van der Waals surface area contributed by atoms with Crippen molar-refractivity contribution < 1.29 is 13.2 Å². The van der Waals surface area contributed by atoms with Crippen LogP contribution in [0.3, 0.4) is 0 Å². The Hall–Kier alpha value is -0.620. The molecule has 130 valence electrons. The summed E-state index contributed by atoms with van der Waals surface area (Å²) in [4.78, 5) is 14.3. The van der Waals surface area contributed by atoms with Crippen molar-refractivity contribution in [2.75, 3.05) is 31.1 Å². The van der Waals surface area contributed by atoms with E-state index in [1.807, 2.05) is 13.8 Å². The molecule has 1 fully saturated rings. The van der Waals surface area contributed by atoms with E-state index < -0.39 is 9.84 Å². The topological polar surface area (TPSA) is 66.5 Å². The van der Waals surface area contributed by atoms with Gasteiger partial charge in [-0.2, -0.15) is 0 Å². The van der Waals surface area contributed by atoms with Crippen LogP contribution in [-0.4, -0.2) is 56.4 Å². The zero-order valence-corrected chi connectivity index (χ0v) is 15.3. The number of hydrogen-bond acceptors (Lipinski definition) is 4. The second-order valence-corrected chi connectivity index (χ2v) is 8.89. The molecule has 0 saturated carbocycles. The molecule has 0 radical (unpaired) electrons. The summed E-state index contributed by atoms with van der Waals surface area (Å²) >= 11 is 0. The van der Waals surface area contributed by atoms with E-state index in [1.54, 1.807) is 11.8 Å². The molecule has 22 heavy (non-hydrogen) atoms. The van der Waals surface area contributed by atoms with Gasteiger partial charge in [-0.05, 0) is 51.6 Å². The summed E-state index contributed by atoms with van der Waals surface area (Å²) in [7, 11) is -3.06. The highest BCUT2D eigenvalue weighted by atomic mass is 32.2. The van der Waals surface area contributed by atoms with Gasteiger partial charge in [0, 0.05) is 24.8 Å². The maximum atomic E-state index is 12.6. The summed E-state index contributed by atoms with van der Waals surface area (Å²) in [5.41, 5.74) is 0. The zero-order chi connectivity index (χ0) is 16.8. The predicted octanol–water partition coefficient (Wildman–Crippen LogP) is 1.68. The van der Waals surface area contributed by atoms with Crippen molar-refractivity contribution in [3.05, 3.63) is 0 Å². The molecular weight excluding hydrogens is 300 g/mol. The molecule has 1 amide bonds. The fraction of sp³-hybridized carbons (Fsp3) is 0.938. The van der Waals surface area contributed by atoms with Crippen molar-refractivity contribution in [1.29, 1.82) is 0 Å². The van der Waals surface area contributed by atoms with Crippen LogP contribution in [-0.2, 0) is 14.6 Å². The molecule has 0 spiro atoms. The van der Waals surface area contributed by atoms with Crippen LogP contribution in [0.15, 0.2) is 0 Å². The average molecular weight is 333 g/mol. The van der Waals surface area contributed by atoms with Crippen LogP contribution >= 0.6 is 0 Å². The lowest BCUT2D eigenvalue weighted by atomic mass is 9.84. The highest BCUT2D eigenvalue weighted by Gasteiger charge is 2.27. The maximum absolute atomic E-state index is 12.6. The summed E-state index contributed by atoms with van der Waals surface area (Å²) in [5.74, 6) is 1.24. The molecule has 1 saturated heterocycles. The Morgan fingerprint density at radius 3 is 2.32 bits per heavy atom. The van der Waals surface area contributed by atoms with Gasteiger partial charge in [-0.3, -0.25) is 4.79 Å². The lowest BCUT2D eigenvalue weighted by Crippen LogP contribution is -2.43. The number of nitrogens with zero attached hydrogens (tertiary/aromatic N) is 1. The molecule has 0 bridgehead atoms. The van der Waals surface area contributed by atoms with Crippen LogP contribution in [0.1, 0.15) is 47.0 Å². The van der Waals surface area contributed by atoms with Crippen molar-refractivity contribution in [3.63, 3.8) is 0 Å². The Kier molecular flexibility index (Phi) is 7.83. The molecule has 6 heteroatoms. The maximum Gasteiger partial charge on any atom is 0.223 e. The molecule has 0 aromatic heterocycles. The van der Waals surface area contributed by atoms with Crippen molar-refractivity contribution in [2.45, 2.75) is 53.0 Å². The fourth-order valence-corrected chi connectivity index (χ4v) is 4.43. The highest BCUT2D eigenvalue weighted by molar-refractivity contribution is 7.91. The molecule has 0 aromatic rings. The quantitative estimate of drug-likeness (QED) is 0.734. The van der Waals surface area contributed by atoms with E-state index >= 15 is 0 Å². The number of piperidine rings is 1. The SMILES string of the molecule is CCN(C(=O)CC(C)C1CCNCC1)C(C)CS(=O)(=O)CC. The van der Waals surface area contributed by atoms with Crippen molar-refractivity contribution in [2.24, 2.45) is 11.8 Å². The van der Waals surface area contributed by atoms with E-state index in [4.69, 9.17) is 0 Å². The Morgan fingerprint density at radius 2 is 1.82 bits per heavy atom. The van der Waals surface area contributed by atoms with Crippen LogP contribution in [0, 0.1) is 11.8 Å². The van der Waals surface area contributed by atoms with E-state index in [1.165, 1.54) is 0 Å². The Labute approximate surface area is 135 Å². The van der Waals surface area contributed by atoms with E-state index in [9.17, 15) is 13.2 Å². The lowest BCUT2D eigenvalue weighted by Gasteiger charge is -2.32. The average Bonchev–Trinajstić information content (AvgIpc) is 2.48. The second-order valence-electron chi connectivity index (χ2n) is 6.50. The van der Waals surface area contributed by atoms with Crippen LogP contribution in [0.2, 0.25) is 0 Å². The largest absolute Gasteiger partial charge is 0.339 e. The van der Waals surface area contributed by atoms with Gasteiger partial charge >= 0.3 is 0 Å². The zero-order valence-electron chi connectivity index (χ0n) is 14.5. The number of hydrogen-bond donors (Lipinski definition) is 1. The highest BCUT2D eigenvalue weighted by Crippen LogP contribution is 2.25. The van der Waals surface area contributed by atoms with Crippen molar-refractivity contribution in [3.8, 4) is 0 Å². The first-order chi connectivity index (χ1) is 10.3. The summed E-state index contributed by atoms with van der Waals surface area (Å²) in [6.07, 6.45) is 2.77. The van der Waals surface area contributed by atoms with Crippen LogP contribution in [0.25, 0.3) is 0 Å². The van der Waals surface area contributed by atoms with E-state index in [2.05, 4.69) is 12.2 Å². The smallest absolute Gasteiger partial charge is 0.223 e. The van der Waals surface area contributed by atoms with Gasteiger partial charge in [0.05, 0.1) is 5.75 Å². The third-order valence-corrected chi connectivity index (χ3v) is 6.68. The number of nitrogens with one attached hydrogen (secondary N) is 1. The molecule has 1 N–H and O–H groups in total. The van der Waals surface area contributed by atoms with Crippen molar-refractivity contribution in [1.82, 2.24) is 10.2 Å². The molecule has 1 heterocycles. The van der Waals surface area contributed by atoms with E-state index in [-0.39, 0.29) is 23.5 Å². The summed E-state index contributed by atoms with van der Waals surface area (Å²) in [6, 6.07) is -0.248. The molecule has 0 aliphatic carbocycles. The monoisotopic (exact) mass is 332 g/mol. The van der Waals surface area contributed by atoms with Crippen LogP contribution < -0.4 is 5.32 Å². The molecule has 1 aliphatic rings. The Balaban J connectivity index is 2.59. The first-order valence-corrected chi connectivity index (χ1v) is 10.3. The molecular formula is C16H32N2O3S. The summed E-state index contributed by atoms with van der Waals surface area (Å²) in [5, 5.41) is 3.35. The number of carbonyl (C=O) groups is 1. The number of rotatable bonds is 8. The molecule has 0 aromatic carbocycles. The molecule has 5 nitrogen and oxygen atoms in total. The fourth-order valence-electron chi connectivity index (χ4n) is 3.28. The van der Waals surface area contributed by atoms with Crippen LogP contribution in [0.5, 0.6) is 0 Å². The summed E-state index contributed by atoms with van der Waals surface area (Å²) < 4.78 is 23.6. The van der Waals surface area contributed by atoms with Gasteiger partial charge in [0.15, 0.2) is 9.84 Å². The standard InChI is InChI=1S/C16H32N2O3S/c1-5-18(14(4)12-22(20,21)6-2)16(19)11-13(3)15-7-9-17-10-8-15/h13-15,17H,5-12H2,1-4H3. The van der Waals surface area contributed by atoms with E-state index in [0.717, 1.165) is 25.9 Å². The molecule has 1 aliphatic heterocycles. The van der Waals surface area contributed by atoms with Crippen LogP contribution in [0.4, 0.5) is 0 Å². The minimum absolute atomic E-state index is 0.0603. The third-order valence-electron chi connectivity index (χ3n) is 4.81. The predicted molar refractivity (Wildman–Crippen MR) is 90.6 cm³/mol. The minimum Gasteiger partial charge on any atom is -0.339 e. The molecule has 2 atom stereocenters. The number of carbonyl (C=O) groups excluding carboxylic acids is 1. The lowest BCUT2D eigenvalue weighted by molar-refractivity contribution is -0.133. The number of sulfone groups is 1.